The van der Waals surface area contributed by atoms with Gasteiger partial charge in [0.05, 0.1) is 0 Å². The molecule has 1 unspecified atom stereocenters. The molecule has 0 heterocycles. The van der Waals surface area contributed by atoms with Gasteiger partial charge in [-0.15, -0.1) is 0 Å². The van der Waals surface area contributed by atoms with Crippen LogP contribution in [0.1, 0.15) is 245 Å². The van der Waals surface area contributed by atoms with Gasteiger partial charge >= 0.3 is 17.9 Å². The Morgan fingerprint density at radius 2 is 0.625 bits per heavy atom. The predicted molar refractivity (Wildman–Crippen MR) is 274 cm³/mol. The molecule has 0 aromatic heterocycles. The Bertz CT molecular complexity index is 1250. The van der Waals surface area contributed by atoms with Gasteiger partial charge < -0.3 is 14.2 Å². The number of carbonyl (C=O) groups excluding carboxylic acids is 3. The second-order valence-corrected chi connectivity index (χ2v) is 17.4. The lowest BCUT2D eigenvalue weighted by Gasteiger charge is -2.18. The molecular weight excluding hydrogens is 793 g/mol. The monoisotopic (exact) mass is 891 g/mol. The van der Waals surface area contributed by atoms with Crippen molar-refractivity contribution >= 4 is 17.9 Å². The number of ether oxygens (including phenoxy) is 3. The molecule has 0 aliphatic heterocycles. The number of rotatable bonds is 47. The maximum absolute atomic E-state index is 12.8. The number of hydrogen-bond donors (Lipinski definition) is 0. The summed E-state index contributed by atoms with van der Waals surface area (Å²) in [5.74, 6) is -0.982. The highest BCUT2D eigenvalue weighted by Gasteiger charge is 2.19. The Morgan fingerprint density at radius 3 is 1.06 bits per heavy atom. The molecule has 6 nitrogen and oxygen atoms in total. The van der Waals surface area contributed by atoms with Crippen LogP contribution < -0.4 is 0 Å². The Hall–Kier alpha value is -3.41. The van der Waals surface area contributed by atoms with Crippen molar-refractivity contribution in [1.82, 2.24) is 0 Å². The second-order valence-electron chi connectivity index (χ2n) is 17.4. The van der Waals surface area contributed by atoms with Crippen LogP contribution in [-0.2, 0) is 28.6 Å². The summed E-state index contributed by atoms with van der Waals surface area (Å²) >= 11 is 0. The van der Waals surface area contributed by atoms with Crippen LogP contribution in [0.25, 0.3) is 0 Å². The molecule has 6 heteroatoms. The average molecular weight is 891 g/mol. The molecule has 0 bridgehead atoms. The second kappa shape index (κ2) is 52.2. The van der Waals surface area contributed by atoms with Crippen LogP contribution in [0.4, 0.5) is 0 Å². The van der Waals surface area contributed by atoms with E-state index < -0.39 is 6.10 Å². The smallest absolute Gasteiger partial charge is 0.306 e. The van der Waals surface area contributed by atoms with Crippen molar-refractivity contribution in [3.63, 3.8) is 0 Å². The van der Waals surface area contributed by atoms with Crippen molar-refractivity contribution in [2.75, 3.05) is 13.2 Å². The fourth-order valence-corrected chi connectivity index (χ4v) is 7.11. The van der Waals surface area contributed by atoms with E-state index in [1.807, 2.05) is 0 Å². The molecule has 0 saturated carbocycles. The van der Waals surface area contributed by atoms with Crippen molar-refractivity contribution in [1.29, 1.82) is 0 Å². The van der Waals surface area contributed by atoms with Crippen LogP contribution in [-0.4, -0.2) is 37.2 Å². The standard InChI is InChI=1S/C58H98O6/c1-4-7-10-13-16-19-22-25-28-29-31-33-36-39-42-45-48-51-57(60)63-54-55(53-62-56(59)50-47-44-41-38-35-32-27-24-21-18-15-12-9-6-3)64-58(61)52-49-46-43-40-37-34-30-26-23-20-17-14-11-8-5-2/h7,10,16,19-20,23,25,28,31-33,35,39,42,55H,4-6,8-9,11-15,17-18,21-22,24,26-27,29-30,34,36-38,40-41,43-54H2,1-3H3/b10-7-,19-16-,23-20-,28-25-,33-31-,35-32-,42-39-. The Labute approximate surface area is 395 Å². The van der Waals surface area contributed by atoms with E-state index >= 15 is 0 Å². The summed E-state index contributed by atoms with van der Waals surface area (Å²) < 4.78 is 16.7. The molecule has 0 aliphatic carbocycles. The number of carbonyl (C=O) groups is 3. The van der Waals surface area contributed by atoms with E-state index in [1.54, 1.807) is 0 Å². The summed E-state index contributed by atoms with van der Waals surface area (Å²) in [6.45, 7) is 6.44. The number of hydrogen-bond acceptors (Lipinski definition) is 6. The molecule has 0 aromatic carbocycles. The minimum atomic E-state index is -0.807. The highest BCUT2D eigenvalue weighted by Crippen LogP contribution is 2.14. The predicted octanol–water partition coefficient (Wildman–Crippen LogP) is 17.6. The first-order valence-corrected chi connectivity index (χ1v) is 26.6. The molecular formula is C58H98O6. The molecule has 0 rings (SSSR count). The van der Waals surface area contributed by atoms with E-state index in [9.17, 15) is 14.4 Å². The molecule has 366 valence electrons. The Kier molecular flexibility index (Phi) is 49.4. The van der Waals surface area contributed by atoms with Crippen molar-refractivity contribution in [2.24, 2.45) is 0 Å². The SMILES string of the molecule is CC/C=C\C/C=C\C/C=C\C/C=C\C/C=C\CCCC(=O)OCC(COC(=O)CCCCC/C=C\CCCCCCCCC)OC(=O)CCCCCCCCC/C=C\CCCCCC. The molecule has 0 N–H and O–H groups in total. The molecule has 1 atom stereocenters. The summed E-state index contributed by atoms with van der Waals surface area (Å²) in [5, 5.41) is 0. The number of unbranched alkanes of at least 4 members (excludes halogenated alkanes) is 22. The van der Waals surface area contributed by atoms with Crippen LogP contribution in [0.3, 0.4) is 0 Å². The third-order valence-corrected chi connectivity index (χ3v) is 11.1. The van der Waals surface area contributed by atoms with Gasteiger partial charge in [0.15, 0.2) is 6.10 Å². The van der Waals surface area contributed by atoms with Crippen LogP contribution in [0.15, 0.2) is 85.1 Å². The molecule has 0 aliphatic rings. The van der Waals surface area contributed by atoms with E-state index in [0.717, 1.165) is 89.9 Å². The van der Waals surface area contributed by atoms with E-state index in [2.05, 4.69) is 106 Å². The number of allylic oxidation sites excluding steroid dienone is 14. The van der Waals surface area contributed by atoms with Gasteiger partial charge in [-0.3, -0.25) is 14.4 Å². The zero-order valence-corrected chi connectivity index (χ0v) is 41.8. The molecule has 64 heavy (non-hydrogen) atoms. The van der Waals surface area contributed by atoms with Gasteiger partial charge in [0, 0.05) is 19.3 Å². The summed E-state index contributed by atoms with van der Waals surface area (Å²) in [6.07, 6.45) is 67.1. The molecule has 0 saturated heterocycles. The molecule has 0 amide bonds. The molecule has 0 aromatic rings. The third kappa shape index (κ3) is 49.6. The van der Waals surface area contributed by atoms with E-state index in [-0.39, 0.29) is 37.5 Å². The highest BCUT2D eigenvalue weighted by molar-refractivity contribution is 5.71. The molecule has 0 radical (unpaired) electrons. The van der Waals surface area contributed by atoms with Crippen LogP contribution in [0.2, 0.25) is 0 Å². The first kappa shape index (κ1) is 60.6. The first-order valence-electron chi connectivity index (χ1n) is 26.6. The molecule has 0 fully saturated rings. The summed E-state index contributed by atoms with van der Waals surface area (Å²) in [4.78, 5) is 38.0. The zero-order chi connectivity index (χ0) is 46.5. The lowest BCUT2D eigenvalue weighted by molar-refractivity contribution is -0.167. The van der Waals surface area contributed by atoms with E-state index in [1.165, 1.54) is 109 Å². The minimum Gasteiger partial charge on any atom is -0.462 e. The quantitative estimate of drug-likeness (QED) is 0.0262. The largest absolute Gasteiger partial charge is 0.462 e. The maximum atomic E-state index is 12.8. The van der Waals surface area contributed by atoms with E-state index in [4.69, 9.17) is 14.2 Å². The van der Waals surface area contributed by atoms with Crippen LogP contribution in [0, 0.1) is 0 Å². The minimum absolute atomic E-state index is 0.104. The Balaban J connectivity index is 4.50. The van der Waals surface area contributed by atoms with Crippen molar-refractivity contribution in [3.8, 4) is 0 Å². The number of esters is 3. The Morgan fingerprint density at radius 1 is 0.328 bits per heavy atom. The van der Waals surface area contributed by atoms with Gasteiger partial charge in [0.2, 0.25) is 0 Å². The van der Waals surface area contributed by atoms with Gasteiger partial charge in [0.1, 0.15) is 13.2 Å². The summed E-state index contributed by atoms with van der Waals surface area (Å²) in [6, 6.07) is 0. The van der Waals surface area contributed by atoms with Gasteiger partial charge in [-0.2, -0.15) is 0 Å². The lowest BCUT2D eigenvalue weighted by atomic mass is 10.1. The van der Waals surface area contributed by atoms with Gasteiger partial charge in [-0.05, 0) is 109 Å². The van der Waals surface area contributed by atoms with Crippen molar-refractivity contribution in [2.45, 2.75) is 252 Å². The van der Waals surface area contributed by atoms with Crippen LogP contribution in [0.5, 0.6) is 0 Å². The van der Waals surface area contributed by atoms with Gasteiger partial charge in [-0.1, -0.05) is 202 Å². The maximum Gasteiger partial charge on any atom is 0.306 e. The average Bonchev–Trinajstić information content (AvgIpc) is 3.29. The highest BCUT2D eigenvalue weighted by atomic mass is 16.6. The fourth-order valence-electron chi connectivity index (χ4n) is 7.11. The summed E-state index contributed by atoms with van der Waals surface area (Å²) in [7, 11) is 0. The van der Waals surface area contributed by atoms with Crippen molar-refractivity contribution in [3.05, 3.63) is 85.1 Å². The fraction of sp³-hybridized carbons (Fsp3) is 0.707. The van der Waals surface area contributed by atoms with Gasteiger partial charge in [0.25, 0.3) is 0 Å². The van der Waals surface area contributed by atoms with Crippen molar-refractivity contribution < 1.29 is 28.6 Å². The molecule has 0 spiro atoms. The van der Waals surface area contributed by atoms with Crippen LogP contribution >= 0.6 is 0 Å². The van der Waals surface area contributed by atoms with Gasteiger partial charge in [-0.25, -0.2) is 0 Å². The van der Waals surface area contributed by atoms with E-state index in [0.29, 0.717) is 19.3 Å². The summed E-state index contributed by atoms with van der Waals surface area (Å²) in [5.41, 5.74) is 0. The first-order chi connectivity index (χ1) is 31.5. The zero-order valence-electron chi connectivity index (χ0n) is 41.8. The normalized spacial score (nSPS) is 12.7. The lowest BCUT2D eigenvalue weighted by Crippen LogP contribution is -2.30. The third-order valence-electron chi connectivity index (χ3n) is 11.1. The topological polar surface area (TPSA) is 78.9 Å².